The lowest BCUT2D eigenvalue weighted by Crippen LogP contribution is -2.19. The standard InChI is InChI=1S/C8H14O2S/c1-2-8-6-4-3-5-7-11(8,9)10/h2,8H,1,3-7H2. The van der Waals surface area contributed by atoms with E-state index in [1.807, 2.05) is 0 Å². The first kappa shape index (κ1) is 8.78. The van der Waals surface area contributed by atoms with E-state index in [4.69, 9.17) is 0 Å². The molecule has 0 aromatic rings. The highest BCUT2D eigenvalue weighted by Crippen LogP contribution is 2.19. The van der Waals surface area contributed by atoms with Gasteiger partial charge in [-0.3, -0.25) is 0 Å². The van der Waals surface area contributed by atoms with Crippen LogP contribution in [0.1, 0.15) is 25.7 Å². The van der Waals surface area contributed by atoms with Crippen LogP contribution in [0.3, 0.4) is 0 Å². The van der Waals surface area contributed by atoms with Gasteiger partial charge >= 0.3 is 0 Å². The summed E-state index contributed by atoms with van der Waals surface area (Å²) >= 11 is 0. The third-order valence-corrected chi connectivity index (χ3v) is 4.35. The van der Waals surface area contributed by atoms with E-state index < -0.39 is 9.84 Å². The van der Waals surface area contributed by atoms with E-state index in [2.05, 4.69) is 6.58 Å². The predicted molar refractivity (Wildman–Crippen MR) is 46.2 cm³/mol. The number of hydrogen-bond acceptors (Lipinski definition) is 2. The van der Waals surface area contributed by atoms with E-state index in [-0.39, 0.29) is 5.25 Å². The molecule has 0 aliphatic carbocycles. The van der Waals surface area contributed by atoms with Crippen molar-refractivity contribution in [2.24, 2.45) is 0 Å². The lowest BCUT2D eigenvalue weighted by atomic mass is 10.1. The maximum absolute atomic E-state index is 11.4. The molecule has 1 rings (SSSR count). The average Bonchev–Trinajstić information content (AvgIpc) is 2.10. The van der Waals surface area contributed by atoms with E-state index in [0.29, 0.717) is 5.75 Å². The zero-order valence-corrected chi connectivity index (χ0v) is 7.44. The summed E-state index contributed by atoms with van der Waals surface area (Å²) in [5, 5.41) is -0.273. The monoisotopic (exact) mass is 174 g/mol. The van der Waals surface area contributed by atoms with Crippen LogP contribution in [0.25, 0.3) is 0 Å². The van der Waals surface area contributed by atoms with Gasteiger partial charge in [0.05, 0.1) is 11.0 Å². The van der Waals surface area contributed by atoms with E-state index in [1.54, 1.807) is 6.08 Å². The second-order valence-corrected chi connectivity index (χ2v) is 5.33. The molecule has 0 spiro atoms. The van der Waals surface area contributed by atoms with Crippen LogP contribution >= 0.6 is 0 Å². The van der Waals surface area contributed by atoms with Crippen LogP contribution in [0.15, 0.2) is 12.7 Å². The van der Waals surface area contributed by atoms with Crippen LogP contribution in [-0.2, 0) is 9.84 Å². The Bertz CT molecular complexity index is 228. The van der Waals surface area contributed by atoms with Gasteiger partial charge in [0.2, 0.25) is 0 Å². The first-order valence-corrected chi connectivity index (χ1v) is 5.72. The summed E-state index contributed by atoms with van der Waals surface area (Å²) < 4.78 is 22.7. The van der Waals surface area contributed by atoms with Crippen LogP contribution in [0, 0.1) is 0 Å². The van der Waals surface area contributed by atoms with Crippen molar-refractivity contribution in [2.45, 2.75) is 30.9 Å². The second-order valence-electron chi connectivity index (χ2n) is 2.99. The number of rotatable bonds is 1. The Morgan fingerprint density at radius 1 is 1.27 bits per heavy atom. The van der Waals surface area contributed by atoms with Crippen molar-refractivity contribution in [3.63, 3.8) is 0 Å². The van der Waals surface area contributed by atoms with Crippen LogP contribution in [0.4, 0.5) is 0 Å². The van der Waals surface area contributed by atoms with Gasteiger partial charge < -0.3 is 0 Å². The highest BCUT2D eigenvalue weighted by atomic mass is 32.2. The zero-order chi connectivity index (χ0) is 8.32. The first-order chi connectivity index (χ1) is 5.17. The minimum absolute atomic E-state index is 0.273. The normalized spacial score (nSPS) is 30.7. The summed E-state index contributed by atoms with van der Waals surface area (Å²) in [7, 11) is -2.83. The summed E-state index contributed by atoms with van der Waals surface area (Å²) in [6, 6.07) is 0. The van der Waals surface area contributed by atoms with E-state index in [9.17, 15) is 8.42 Å². The maximum Gasteiger partial charge on any atom is 0.156 e. The molecular formula is C8H14O2S. The van der Waals surface area contributed by atoms with Gasteiger partial charge in [0.1, 0.15) is 0 Å². The van der Waals surface area contributed by atoms with Crippen LogP contribution in [-0.4, -0.2) is 19.4 Å². The summed E-state index contributed by atoms with van der Waals surface area (Å²) in [6.45, 7) is 3.54. The minimum Gasteiger partial charge on any atom is -0.228 e. The Morgan fingerprint density at radius 2 is 2.00 bits per heavy atom. The van der Waals surface area contributed by atoms with E-state index in [0.717, 1.165) is 25.7 Å². The molecule has 1 aliphatic rings. The molecule has 64 valence electrons. The van der Waals surface area contributed by atoms with Crippen LogP contribution < -0.4 is 0 Å². The molecule has 1 fully saturated rings. The van der Waals surface area contributed by atoms with Gasteiger partial charge in [-0.1, -0.05) is 18.9 Å². The Balaban J connectivity index is 2.80. The molecule has 11 heavy (non-hydrogen) atoms. The molecule has 3 heteroatoms. The van der Waals surface area contributed by atoms with Gasteiger partial charge in [-0.05, 0) is 12.8 Å². The van der Waals surface area contributed by atoms with Gasteiger partial charge in [-0.15, -0.1) is 6.58 Å². The van der Waals surface area contributed by atoms with E-state index in [1.165, 1.54) is 0 Å². The quantitative estimate of drug-likeness (QED) is 0.565. The van der Waals surface area contributed by atoms with Gasteiger partial charge in [0.25, 0.3) is 0 Å². The van der Waals surface area contributed by atoms with Crippen molar-refractivity contribution in [3.05, 3.63) is 12.7 Å². The molecular weight excluding hydrogens is 160 g/mol. The molecule has 1 saturated heterocycles. The largest absolute Gasteiger partial charge is 0.228 e. The molecule has 1 aliphatic heterocycles. The van der Waals surface area contributed by atoms with Crippen molar-refractivity contribution < 1.29 is 8.42 Å². The van der Waals surface area contributed by atoms with Crippen molar-refractivity contribution in [2.75, 3.05) is 5.75 Å². The molecule has 1 unspecified atom stereocenters. The fourth-order valence-corrected chi connectivity index (χ4v) is 3.15. The Hall–Kier alpha value is -0.310. The molecule has 2 nitrogen and oxygen atoms in total. The average molecular weight is 174 g/mol. The number of sulfone groups is 1. The van der Waals surface area contributed by atoms with Crippen molar-refractivity contribution in [3.8, 4) is 0 Å². The molecule has 0 radical (unpaired) electrons. The molecule has 0 saturated carbocycles. The zero-order valence-electron chi connectivity index (χ0n) is 6.62. The summed E-state index contributed by atoms with van der Waals surface area (Å²) in [5.41, 5.74) is 0. The fourth-order valence-electron chi connectivity index (χ4n) is 1.42. The highest BCUT2D eigenvalue weighted by Gasteiger charge is 2.23. The lowest BCUT2D eigenvalue weighted by Gasteiger charge is -2.07. The SMILES string of the molecule is C=CC1CCCCCS1(=O)=O. The minimum atomic E-state index is -2.83. The third-order valence-electron chi connectivity index (χ3n) is 2.14. The van der Waals surface area contributed by atoms with Gasteiger partial charge in [0, 0.05) is 0 Å². The second kappa shape index (κ2) is 3.39. The Morgan fingerprint density at radius 3 is 2.64 bits per heavy atom. The molecule has 1 heterocycles. The van der Waals surface area contributed by atoms with Crippen molar-refractivity contribution in [1.82, 2.24) is 0 Å². The number of hydrogen-bond donors (Lipinski definition) is 0. The van der Waals surface area contributed by atoms with Gasteiger partial charge in [-0.25, -0.2) is 8.42 Å². The Kier molecular flexibility index (Phi) is 2.71. The molecule has 0 N–H and O–H groups in total. The molecule has 0 amide bonds. The molecule has 0 aromatic heterocycles. The van der Waals surface area contributed by atoms with Crippen molar-refractivity contribution in [1.29, 1.82) is 0 Å². The Labute approximate surface area is 68.2 Å². The van der Waals surface area contributed by atoms with Gasteiger partial charge in [-0.2, -0.15) is 0 Å². The third kappa shape index (κ3) is 2.06. The van der Waals surface area contributed by atoms with Crippen molar-refractivity contribution >= 4 is 9.84 Å². The first-order valence-electron chi connectivity index (χ1n) is 4.01. The maximum atomic E-state index is 11.4. The van der Waals surface area contributed by atoms with Crippen LogP contribution in [0.2, 0.25) is 0 Å². The van der Waals surface area contributed by atoms with Crippen LogP contribution in [0.5, 0.6) is 0 Å². The fraction of sp³-hybridized carbons (Fsp3) is 0.750. The van der Waals surface area contributed by atoms with Gasteiger partial charge in [0.15, 0.2) is 9.84 Å². The summed E-state index contributed by atoms with van der Waals surface area (Å²) in [4.78, 5) is 0. The molecule has 0 bridgehead atoms. The summed E-state index contributed by atoms with van der Waals surface area (Å²) in [5.74, 6) is 0.351. The predicted octanol–water partition coefficient (Wildman–Crippen LogP) is 1.53. The topological polar surface area (TPSA) is 34.1 Å². The lowest BCUT2D eigenvalue weighted by molar-refractivity contribution is 0.587. The van der Waals surface area contributed by atoms with E-state index >= 15 is 0 Å². The summed E-state index contributed by atoms with van der Waals surface area (Å²) in [6.07, 6.45) is 5.23. The molecule has 1 atom stereocenters. The highest BCUT2D eigenvalue weighted by molar-refractivity contribution is 7.92. The molecule has 0 aromatic carbocycles. The smallest absolute Gasteiger partial charge is 0.156 e.